The fourth-order valence-corrected chi connectivity index (χ4v) is 2.46. The Morgan fingerprint density at radius 3 is 2.84 bits per heavy atom. The summed E-state index contributed by atoms with van der Waals surface area (Å²) in [5.74, 6) is -0.469. The molecule has 0 radical (unpaired) electrons. The number of nitrogens with zero attached hydrogens (tertiary/aromatic N) is 4. The van der Waals surface area contributed by atoms with Crippen molar-refractivity contribution in [2.45, 2.75) is 25.8 Å². The number of aryl methyl sites for hydroxylation is 1. The summed E-state index contributed by atoms with van der Waals surface area (Å²) in [6.45, 7) is 1.95. The molecule has 0 aliphatic carbocycles. The maximum Gasteiger partial charge on any atom is 0.332 e. The summed E-state index contributed by atoms with van der Waals surface area (Å²) in [6, 6.07) is -0.593. The minimum Gasteiger partial charge on any atom is -0.368 e. The Balaban J connectivity index is 2.55. The molecular formula is C10H12ClN5O3. The zero-order valence-electron chi connectivity index (χ0n) is 10.2. The molecule has 1 aliphatic rings. The van der Waals surface area contributed by atoms with Crippen molar-refractivity contribution in [3.8, 4) is 0 Å². The summed E-state index contributed by atoms with van der Waals surface area (Å²) >= 11 is 5.74. The van der Waals surface area contributed by atoms with Crippen LogP contribution in [0.1, 0.15) is 18.5 Å². The molecule has 19 heavy (non-hydrogen) atoms. The molecule has 1 aliphatic heterocycles. The van der Waals surface area contributed by atoms with E-state index >= 15 is 0 Å². The summed E-state index contributed by atoms with van der Waals surface area (Å²) in [6.07, 6.45) is 1.26. The average molecular weight is 286 g/mol. The molecule has 0 bridgehead atoms. The van der Waals surface area contributed by atoms with Crippen LogP contribution in [-0.4, -0.2) is 33.4 Å². The van der Waals surface area contributed by atoms with E-state index in [2.05, 4.69) is 9.97 Å². The van der Waals surface area contributed by atoms with Gasteiger partial charge in [-0.15, -0.1) is 0 Å². The van der Waals surface area contributed by atoms with E-state index in [4.69, 9.17) is 17.3 Å². The number of amides is 1. The van der Waals surface area contributed by atoms with Gasteiger partial charge in [-0.2, -0.15) is 4.98 Å². The van der Waals surface area contributed by atoms with E-state index < -0.39 is 16.9 Å². The number of carbonyl (C=O) groups excluding carboxylic acids is 1. The van der Waals surface area contributed by atoms with Crippen LogP contribution in [-0.2, 0) is 4.79 Å². The Kier molecular flexibility index (Phi) is 3.52. The van der Waals surface area contributed by atoms with Gasteiger partial charge in [0.1, 0.15) is 11.7 Å². The van der Waals surface area contributed by atoms with Gasteiger partial charge in [0, 0.05) is 6.54 Å². The van der Waals surface area contributed by atoms with Crippen molar-refractivity contribution in [3.05, 3.63) is 21.1 Å². The molecule has 1 aromatic heterocycles. The zero-order valence-corrected chi connectivity index (χ0v) is 10.9. The topological polar surface area (TPSA) is 115 Å². The van der Waals surface area contributed by atoms with Crippen LogP contribution in [0, 0.1) is 17.0 Å². The number of carbonyl (C=O) groups is 1. The predicted octanol–water partition coefficient (Wildman–Crippen LogP) is 0.801. The van der Waals surface area contributed by atoms with Crippen molar-refractivity contribution >= 4 is 29.0 Å². The molecular weight excluding hydrogens is 274 g/mol. The number of anilines is 1. The van der Waals surface area contributed by atoms with Crippen LogP contribution >= 0.6 is 11.6 Å². The lowest BCUT2D eigenvalue weighted by atomic mass is 10.2. The van der Waals surface area contributed by atoms with E-state index in [0.717, 1.165) is 0 Å². The quantitative estimate of drug-likeness (QED) is 0.499. The first-order chi connectivity index (χ1) is 8.91. The van der Waals surface area contributed by atoms with Crippen LogP contribution in [0.25, 0.3) is 0 Å². The Labute approximate surface area is 113 Å². The molecule has 9 heteroatoms. The highest BCUT2D eigenvalue weighted by Crippen LogP contribution is 2.34. The van der Waals surface area contributed by atoms with Gasteiger partial charge in [0.05, 0.1) is 4.92 Å². The first kappa shape index (κ1) is 13.5. The number of primary amides is 1. The van der Waals surface area contributed by atoms with E-state index in [1.165, 1.54) is 11.8 Å². The molecule has 0 spiro atoms. The van der Waals surface area contributed by atoms with Gasteiger partial charge in [-0.1, -0.05) is 0 Å². The van der Waals surface area contributed by atoms with Gasteiger partial charge in [0.2, 0.25) is 17.0 Å². The number of hydrogen-bond acceptors (Lipinski definition) is 6. The van der Waals surface area contributed by atoms with Crippen LogP contribution < -0.4 is 10.6 Å². The van der Waals surface area contributed by atoms with Crippen LogP contribution in [0.15, 0.2) is 0 Å². The summed E-state index contributed by atoms with van der Waals surface area (Å²) < 4.78 is 0. The maximum atomic E-state index is 11.4. The summed E-state index contributed by atoms with van der Waals surface area (Å²) in [7, 11) is 0. The standard InChI is InChI=1S/C10H12ClN5O3/c1-5-7(16(18)19)9(14-10(11)13-5)15-4-2-3-6(15)8(12)17/h6H,2-4H2,1H3,(H2,12,17). The van der Waals surface area contributed by atoms with Crippen LogP contribution in [0.3, 0.4) is 0 Å². The normalized spacial score (nSPS) is 18.6. The Morgan fingerprint density at radius 1 is 1.58 bits per heavy atom. The third kappa shape index (κ3) is 2.43. The van der Waals surface area contributed by atoms with Crippen LogP contribution in [0.2, 0.25) is 5.28 Å². The minimum atomic E-state index is -0.593. The van der Waals surface area contributed by atoms with Crippen molar-refractivity contribution in [3.63, 3.8) is 0 Å². The summed E-state index contributed by atoms with van der Waals surface area (Å²) in [5, 5.41) is 11.0. The number of nitrogens with two attached hydrogens (primary N) is 1. The molecule has 1 atom stereocenters. The third-order valence-corrected chi connectivity index (χ3v) is 3.22. The van der Waals surface area contributed by atoms with Gasteiger partial charge in [0.25, 0.3) is 0 Å². The smallest absolute Gasteiger partial charge is 0.332 e. The van der Waals surface area contributed by atoms with Crippen LogP contribution in [0.4, 0.5) is 11.5 Å². The molecule has 0 saturated carbocycles. The van der Waals surface area contributed by atoms with Crippen molar-refractivity contribution < 1.29 is 9.72 Å². The molecule has 1 unspecified atom stereocenters. The van der Waals surface area contributed by atoms with E-state index in [1.807, 2.05) is 0 Å². The SMILES string of the molecule is Cc1nc(Cl)nc(N2CCCC2C(N)=O)c1[N+](=O)[O-]. The highest BCUT2D eigenvalue weighted by Gasteiger charge is 2.36. The minimum absolute atomic E-state index is 0.0591. The first-order valence-electron chi connectivity index (χ1n) is 5.66. The van der Waals surface area contributed by atoms with Crippen molar-refractivity contribution in [2.75, 3.05) is 11.4 Å². The zero-order chi connectivity index (χ0) is 14.2. The number of nitro groups is 1. The molecule has 2 rings (SSSR count). The molecule has 8 nitrogen and oxygen atoms in total. The van der Waals surface area contributed by atoms with E-state index in [1.54, 1.807) is 0 Å². The summed E-state index contributed by atoms with van der Waals surface area (Å²) in [5.41, 5.74) is 5.22. The average Bonchev–Trinajstić information content (AvgIpc) is 2.75. The molecule has 1 amide bonds. The lowest BCUT2D eigenvalue weighted by Gasteiger charge is -2.23. The van der Waals surface area contributed by atoms with E-state index in [0.29, 0.717) is 19.4 Å². The van der Waals surface area contributed by atoms with Crippen LogP contribution in [0.5, 0.6) is 0 Å². The van der Waals surface area contributed by atoms with E-state index in [-0.39, 0.29) is 22.5 Å². The number of rotatable bonds is 3. The van der Waals surface area contributed by atoms with E-state index in [9.17, 15) is 14.9 Å². The number of aromatic nitrogens is 2. The molecule has 1 aromatic rings. The fourth-order valence-electron chi connectivity index (χ4n) is 2.25. The fraction of sp³-hybridized carbons (Fsp3) is 0.500. The number of hydrogen-bond donors (Lipinski definition) is 1. The Bertz CT molecular complexity index is 550. The van der Waals surface area contributed by atoms with Gasteiger partial charge in [-0.25, -0.2) is 4.98 Å². The van der Waals surface area contributed by atoms with Gasteiger partial charge in [0.15, 0.2) is 0 Å². The van der Waals surface area contributed by atoms with Gasteiger partial charge in [-0.05, 0) is 31.4 Å². The highest BCUT2D eigenvalue weighted by molar-refractivity contribution is 6.28. The monoisotopic (exact) mass is 285 g/mol. The largest absolute Gasteiger partial charge is 0.368 e. The predicted molar refractivity (Wildman–Crippen MR) is 68.0 cm³/mol. The molecule has 0 aromatic carbocycles. The Hall–Kier alpha value is -1.96. The van der Waals surface area contributed by atoms with Gasteiger partial charge in [-0.3, -0.25) is 14.9 Å². The van der Waals surface area contributed by atoms with Gasteiger partial charge >= 0.3 is 5.69 Å². The third-order valence-electron chi connectivity index (χ3n) is 3.05. The lowest BCUT2D eigenvalue weighted by Crippen LogP contribution is -2.41. The second-order valence-corrected chi connectivity index (χ2v) is 4.60. The highest BCUT2D eigenvalue weighted by atomic mass is 35.5. The van der Waals surface area contributed by atoms with Crippen molar-refractivity contribution in [1.29, 1.82) is 0 Å². The summed E-state index contributed by atoms with van der Waals surface area (Å²) in [4.78, 5) is 31.1. The lowest BCUT2D eigenvalue weighted by molar-refractivity contribution is -0.385. The molecule has 1 saturated heterocycles. The van der Waals surface area contributed by atoms with Gasteiger partial charge < -0.3 is 10.6 Å². The van der Waals surface area contributed by atoms with Crippen molar-refractivity contribution in [2.24, 2.45) is 5.73 Å². The second kappa shape index (κ2) is 4.96. The molecule has 102 valence electrons. The number of halogens is 1. The second-order valence-electron chi connectivity index (χ2n) is 4.26. The molecule has 1 fully saturated rings. The maximum absolute atomic E-state index is 11.4. The Morgan fingerprint density at radius 2 is 2.26 bits per heavy atom. The first-order valence-corrected chi connectivity index (χ1v) is 6.04. The van der Waals surface area contributed by atoms with Crippen molar-refractivity contribution in [1.82, 2.24) is 9.97 Å². The molecule has 2 heterocycles. The molecule has 2 N–H and O–H groups in total.